The predicted octanol–water partition coefficient (Wildman–Crippen LogP) is 4.33. The molecule has 2 rings (SSSR count). The van der Waals surface area contributed by atoms with Crippen molar-refractivity contribution in [3.63, 3.8) is 0 Å². The normalized spacial score (nSPS) is 20.8. The summed E-state index contributed by atoms with van der Waals surface area (Å²) < 4.78 is 0. The number of rotatable bonds is 3. The molecule has 1 aliphatic rings. The van der Waals surface area contributed by atoms with Gasteiger partial charge in [-0.05, 0) is 30.5 Å². The maximum absolute atomic E-state index is 10.8. The monoisotopic (exact) mass is 301 g/mol. The van der Waals surface area contributed by atoms with E-state index in [0.29, 0.717) is 16.6 Å². The molecule has 4 heteroatoms. The maximum Gasteiger partial charge on any atom is 0.0858 e. The molecule has 0 saturated heterocycles. The Balaban J connectivity index is 2.28. The number of halogens is 2. The minimum Gasteiger partial charge on any atom is -0.388 e. The Morgan fingerprint density at radius 2 is 1.74 bits per heavy atom. The molecule has 0 radical (unpaired) electrons. The molecule has 3 N–H and O–H groups in total. The molecule has 0 amide bonds. The van der Waals surface area contributed by atoms with Crippen LogP contribution in [0.1, 0.15) is 50.2 Å². The van der Waals surface area contributed by atoms with Gasteiger partial charge in [-0.2, -0.15) is 0 Å². The number of hydrogen-bond donors (Lipinski definition) is 2. The summed E-state index contributed by atoms with van der Waals surface area (Å²) in [6.07, 6.45) is 6.12. The lowest BCUT2D eigenvalue weighted by Crippen LogP contribution is -2.36. The zero-order valence-corrected chi connectivity index (χ0v) is 12.6. The van der Waals surface area contributed by atoms with Crippen LogP contribution < -0.4 is 5.73 Å². The number of nitrogens with two attached hydrogens (primary N) is 1. The summed E-state index contributed by atoms with van der Waals surface area (Å²) >= 11 is 12.0. The second-order valence-electron chi connectivity index (χ2n) is 5.56. The Morgan fingerprint density at radius 3 is 2.26 bits per heavy atom. The molecule has 0 spiro atoms. The van der Waals surface area contributed by atoms with Gasteiger partial charge in [-0.25, -0.2) is 0 Å². The standard InChI is InChI=1S/C15H21Cl2NO/c16-12-6-5-11(9-13(12)17)14(19)15(10-18)7-3-1-2-4-8-15/h5-6,9,14,19H,1-4,7-8,10,18H2. The van der Waals surface area contributed by atoms with E-state index in [9.17, 15) is 5.11 Å². The molecule has 1 aromatic rings. The van der Waals surface area contributed by atoms with Crippen molar-refractivity contribution in [3.05, 3.63) is 33.8 Å². The van der Waals surface area contributed by atoms with Crippen LogP contribution >= 0.6 is 23.2 Å². The molecule has 1 fully saturated rings. The van der Waals surface area contributed by atoms with E-state index < -0.39 is 6.10 Å². The molecular formula is C15H21Cl2NO. The van der Waals surface area contributed by atoms with E-state index in [1.165, 1.54) is 12.8 Å². The number of aliphatic hydroxyl groups is 1. The van der Waals surface area contributed by atoms with Crippen molar-refractivity contribution < 1.29 is 5.11 Å². The first-order chi connectivity index (χ1) is 9.09. The molecule has 1 saturated carbocycles. The summed E-state index contributed by atoms with van der Waals surface area (Å²) in [5, 5.41) is 11.8. The Morgan fingerprint density at radius 1 is 1.11 bits per heavy atom. The fourth-order valence-corrected chi connectivity index (χ4v) is 3.36. The van der Waals surface area contributed by atoms with Crippen molar-refractivity contribution in [2.24, 2.45) is 11.1 Å². The number of benzene rings is 1. The summed E-state index contributed by atoms with van der Waals surface area (Å²) in [5.74, 6) is 0. The van der Waals surface area contributed by atoms with Gasteiger partial charge in [-0.1, -0.05) is 55.0 Å². The summed E-state index contributed by atoms with van der Waals surface area (Å²) in [6.45, 7) is 0.508. The van der Waals surface area contributed by atoms with Gasteiger partial charge in [0.25, 0.3) is 0 Å². The topological polar surface area (TPSA) is 46.2 Å². The first-order valence-corrected chi connectivity index (χ1v) is 7.68. The molecule has 0 heterocycles. The fourth-order valence-electron chi connectivity index (χ4n) is 3.06. The van der Waals surface area contributed by atoms with Crippen molar-refractivity contribution in [2.75, 3.05) is 6.54 Å². The van der Waals surface area contributed by atoms with Crippen LogP contribution in [-0.4, -0.2) is 11.7 Å². The summed E-state index contributed by atoms with van der Waals surface area (Å²) in [4.78, 5) is 0. The van der Waals surface area contributed by atoms with E-state index in [1.54, 1.807) is 12.1 Å². The van der Waals surface area contributed by atoms with Crippen molar-refractivity contribution in [3.8, 4) is 0 Å². The van der Waals surface area contributed by atoms with E-state index in [0.717, 1.165) is 31.2 Å². The van der Waals surface area contributed by atoms with Crippen LogP contribution in [0.2, 0.25) is 10.0 Å². The van der Waals surface area contributed by atoms with Crippen LogP contribution in [0, 0.1) is 5.41 Å². The van der Waals surface area contributed by atoms with Crippen LogP contribution in [0.4, 0.5) is 0 Å². The Bertz CT molecular complexity index is 428. The molecule has 1 aromatic carbocycles. The Labute approximate surface area is 124 Å². The third-order valence-electron chi connectivity index (χ3n) is 4.35. The minimum absolute atomic E-state index is 0.215. The number of aliphatic hydroxyl groups excluding tert-OH is 1. The highest BCUT2D eigenvalue weighted by Crippen LogP contribution is 2.45. The van der Waals surface area contributed by atoms with Gasteiger partial charge in [0.1, 0.15) is 0 Å². The van der Waals surface area contributed by atoms with Gasteiger partial charge in [0, 0.05) is 12.0 Å². The molecular weight excluding hydrogens is 281 g/mol. The first-order valence-electron chi connectivity index (χ1n) is 6.92. The third-order valence-corrected chi connectivity index (χ3v) is 5.08. The van der Waals surface area contributed by atoms with Crippen LogP contribution in [0.25, 0.3) is 0 Å². The lowest BCUT2D eigenvalue weighted by Gasteiger charge is -2.36. The maximum atomic E-state index is 10.8. The first kappa shape index (κ1) is 15.1. The summed E-state index contributed by atoms with van der Waals surface area (Å²) in [5.41, 5.74) is 6.60. The van der Waals surface area contributed by atoms with E-state index in [-0.39, 0.29) is 5.41 Å². The van der Waals surface area contributed by atoms with Crippen LogP contribution in [-0.2, 0) is 0 Å². The SMILES string of the molecule is NCC1(C(O)c2ccc(Cl)c(Cl)c2)CCCCCC1. The third kappa shape index (κ3) is 3.25. The molecule has 1 unspecified atom stereocenters. The van der Waals surface area contributed by atoms with Gasteiger partial charge in [-0.15, -0.1) is 0 Å². The number of hydrogen-bond acceptors (Lipinski definition) is 2. The molecule has 19 heavy (non-hydrogen) atoms. The second-order valence-corrected chi connectivity index (χ2v) is 6.37. The zero-order valence-electron chi connectivity index (χ0n) is 11.0. The smallest absolute Gasteiger partial charge is 0.0858 e. The van der Waals surface area contributed by atoms with Crippen molar-refractivity contribution in [1.29, 1.82) is 0 Å². The van der Waals surface area contributed by atoms with Gasteiger partial charge in [0.05, 0.1) is 16.1 Å². The molecule has 0 aromatic heterocycles. The predicted molar refractivity (Wildman–Crippen MR) is 80.6 cm³/mol. The quantitative estimate of drug-likeness (QED) is 0.817. The molecule has 2 nitrogen and oxygen atoms in total. The summed E-state index contributed by atoms with van der Waals surface area (Å²) in [6, 6.07) is 5.35. The Hall–Kier alpha value is -0.280. The largest absolute Gasteiger partial charge is 0.388 e. The molecule has 1 atom stereocenters. The highest BCUT2D eigenvalue weighted by molar-refractivity contribution is 6.42. The average molecular weight is 302 g/mol. The zero-order chi connectivity index (χ0) is 13.9. The van der Waals surface area contributed by atoms with Crippen LogP contribution in [0.15, 0.2) is 18.2 Å². The van der Waals surface area contributed by atoms with Crippen molar-refractivity contribution >= 4 is 23.2 Å². The minimum atomic E-state index is -0.564. The second kappa shape index (κ2) is 6.45. The average Bonchev–Trinajstić information content (AvgIpc) is 2.67. The molecule has 1 aliphatic carbocycles. The highest BCUT2D eigenvalue weighted by Gasteiger charge is 2.37. The molecule has 0 bridgehead atoms. The fraction of sp³-hybridized carbons (Fsp3) is 0.600. The van der Waals surface area contributed by atoms with Gasteiger partial charge < -0.3 is 10.8 Å². The van der Waals surface area contributed by atoms with Gasteiger partial charge in [-0.3, -0.25) is 0 Å². The van der Waals surface area contributed by atoms with Crippen molar-refractivity contribution in [1.82, 2.24) is 0 Å². The molecule has 106 valence electrons. The van der Waals surface area contributed by atoms with E-state index in [1.807, 2.05) is 6.07 Å². The van der Waals surface area contributed by atoms with Gasteiger partial charge >= 0.3 is 0 Å². The molecule has 0 aliphatic heterocycles. The Kier molecular flexibility index (Phi) is 5.13. The van der Waals surface area contributed by atoms with Crippen molar-refractivity contribution in [2.45, 2.75) is 44.6 Å². The van der Waals surface area contributed by atoms with Crippen LogP contribution in [0.3, 0.4) is 0 Å². The van der Waals surface area contributed by atoms with E-state index in [4.69, 9.17) is 28.9 Å². The van der Waals surface area contributed by atoms with E-state index >= 15 is 0 Å². The van der Waals surface area contributed by atoms with Gasteiger partial charge in [0.2, 0.25) is 0 Å². The van der Waals surface area contributed by atoms with Crippen LogP contribution in [0.5, 0.6) is 0 Å². The lowest BCUT2D eigenvalue weighted by molar-refractivity contribution is 0.0166. The highest BCUT2D eigenvalue weighted by atomic mass is 35.5. The summed E-state index contributed by atoms with van der Waals surface area (Å²) in [7, 11) is 0. The lowest BCUT2D eigenvalue weighted by atomic mass is 9.73. The van der Waals surface area contributed by atoms with E-state index in [2.05, 4.69) is 0 Å². The van der Waals surface area contributed by atoms with Gasteiger partial charge in [0.15, 0.2) is 0 Å².